The van der Waals surface area contributed by atoms with E-state index < -0.39 is 24.0 Å². The van der Waals surface area contributed by atoms with Gasteiger partial charge in [0.1, 0.15) is 13.2 Å². The van der Waals surface area contributed by atoms with Crippen molar-refractivity contribution in [1.29, 1.82) is 0 Å². The summed E-state index contributed by atoms with van der Waals surface area (Å²) >= 11 is 0. The summed E-state index contributed by atoms with van der Waals surface area (Å²) in [7, 11) is 0. The van der Waals surface area contributed by atoms with Crippen molar-refractivity contribution >= 4 is 29.8 Å². The topological polar surface area (TPSA) is 143 Å². The summed E-state index contributed by atoms with van der Waals surface area (Å²) in [4.78, 5) is 57.1. The van der Waals surface area contributed by atoms with Crippen LogP contribution in [0.5, 0.6) is 0 Å². The van der Waals surface area contributed by atoms with E-state index in [0.29, 0.717) is 6.42 Å². The molecule has 0 bridgehead atoms. The van der Waals surface area contributed by atoms with Gasteiger partial charge in [-0.2, -0.15) is 0 Å². The van der Waals surface area contributed by atoms with Crippen molar-refractivity contribution in [2.75, 3.05) is 32.8 Å². The Morgan fingerprint density at radius 3 is 2.00 bits per heavy atom. The summed E-state index contributed by atoms with van der Waals surface area (Å²) in [6.45, 7) is 10.4. The Balaban J connectivity index is 0.00000184. The number of carbonyl (C=O) groups is 5. The minimum Gasteiger partial charge on any atom is -0.461 e. The van der Waals surface area contributed by atoms with E-state index in [4.69, 9.17) is 4.74 Å². The van der Waals surface area contributed by atoms with Gasteiger partial charge < -0.3 is 14.8 Å². The molecule has 0 aromatic carbocycles. The van der Waals surface area contributed by atoms with Gasteiger partial charge in [0.25, 0.3) is 0 Å². The number of rotatable bonds is 12. The van der Waals surface area contributed by atoms with E-state index in [1.807, 2.05) is 18.2 Å². The van der Waals surface area contributed by atoms with Gasteiger partial charge in [-0.05, 0) is 25.0 Å². The van der Waals surface area contributed by atoms with Gasteiger partial charge in [-0.3, -0.25) is 10.0 Å². The molecule has 4 amide bonds. The van der Waals surface area contributed by atoms with Gasteiger partial charge in [-0.1, -0.05) is 38.0 Å². The van der Waals surface area contributed by atoms with Crippen LogP contribution in [0.2, 0.25) is 0 Å². The van der Waals surface area contributed by atoms with Crippen molar-refractivity contribution in [1.82, 2.24) is 15.3 Å². The predicted octanol–water partition coefficient (Wildman–Crippen LogP) is 1.92. The number of nitrogens with one attached hydrogen (secondary N) is 1. The molecule has 0 aromatic rings. The SMILES string of the molecule is C=CC(=O)OCCNC(=O)N(CCC1=CC=C1)C(=O)N(O)CCOC(=O)C=C.C=CC(C)=O. The first-order chi connectivity index (χ1) is 15.7. The highest BCUT2D eigenvalue weighted by atomic mass is 16.5. The summed E-state index contributed by atoms with van der Waals surface area (Å²) in [6, 6.07) is -1.76. The minimum absolute atomic E-state index is 0.0107. The molecule has 0 fully saturated rings. The highest BCUT2D eigenvalue weighted by molar-refractivity contribution is 5.93. The maximum Gasteiger partial charge on any atom is 0.351 e. The third-order valence-electron chi connectivity index (χ3n) is 3.73. The fourth-order valence-corrected chi connectivity index (χ4v) is 1.91. The number of ether oxygens (including phenoxy) is 2. The molecule has 0 saturated carbocycles. The maximum absolute atomic E-state index is 12.4. The number of hydroxylamine groups is 2. The molecule has 2 N–H and O–H groups in total. The number of hydrogen-bond donors (Lipinski definition) is 2. The molecule has 0 spiro atoms. The largest absolute Gasteiger partial charge is 0.461 e. The van der Waals surface area contributed by atoms with E-state index in [-0.39, 0.29) is 43.7 Å². The van der Waals surface area contributed by atoms with Crippen molar-refractivity contribution < 1.29 is 38.7 Å². The van der Waals surface area contributed by atoms with E-state index in [1.54, 1.807) is 0 Å². The lowest BCUT2D eigenvalue weighted by Crippen LogP contribution is -2.50. The minimum atomic E-state index is -0.987. The Morgan fingerprint density at radius 2 is 1.55 bits per heavy atom. The van der Waals surface area contributed by atoms with E-state index in [9.17, 15) is 29.2 Å². The van der Waals surface area contributed by atoms with Gasteiger partial charge >= 0.3 is 24.0 Å². The number of imide groups is 1. The zero-order valence-electron chi connectivity index (χ0n) is 18.5. The number of hydrogen-bond acceptors (Lipinski definition) is 8. The molecule has 1 rings (SSSR count). The highest BCUT2D eigenvalue weighted by Gasteiger charge is 2.26. The second-order valence-corrected chi connectivity index (χ2v) is 6.20. The number of urea groups is 2. The molecule has 0 radical (unpaired) electrons. The Hall–Kier alpha value is -3.99. The molecule has 11 heteroatoms. The first-order valence-electron chi connectivity index (χ1n) is 9.80. The van der Waals surface area contributed by atoms with Crippen LogP contribution in [0, 0.1) is 0 Å². The van der Waals surface area contributed by atoms with Crippen LogP contribution in [0.15, 0.2) is 61.8 Å². The number of allylic oxidation sites excluding steroid dienone is 4. The molecule has 1 aliphatic carbocycles. The Morgan fingerprint density at radius 1 is 1.00 bits per heavy atom. The maximum atomic E-state index is 12.4. The Labute approximate surface area is 192 Å². The average molecular weight is 463 g/mol. The summed E-state index contributed by atoms with van der Waals surface area (Å²) in [5.74, 6) is -1.32. The standard InChI is InChI=1S/C18H23N3O7.C4H6O/c1-3-15(22)27-12-9-19-17(24)20(10-8-14-6-5-7-14)18(25)21(26)11-13-28-16(23)4-2;1-3-4(2)5/h3-7,26H,1-2,8-13H2,(H,19,24);3H,1H2,2H3. The van der Waals surface area contributed by atoms with Crippen molar-refractivity contribution in [2.24, 2.45) is 0 Å². The van der Waals surface area contributed by atoms with Gasteiger partial charge in [0.05, 0.1) is 13.1 Å². The quantitative estimate of drug-likeness (QED) is 0.147. The normalized spacial score (nSPS) is 10.7. The van der Waals surface area contributed by atoms with Crippen LogP contribution in [0.1, 0.15) is 13.3 Å². The second-order valence-electron chi connectivity index (χ2n) is 6.20. The van der Waals surface area contributed by atoms with E-state index in [2.05, 4.69) is 29.8 Å². The van der Waals surface area contributed by atoms with Gasteiger partial charge in [0.2, 0.25) is 0 Å². The zero-order valence-corrected chi connectivity index (χ0v) is 18.5. The average Bonchev–Trinajstić information content (AvgIpc) is 2.77. The third kappa shape index (κ3) is 13.1. The van der Waals surface area contributed by atoms with Crippen molar-refractivity contribution in [3.8, 4) is 0 Å². The molecule has 33 heavy (non-hydrogen) atoms. The fraction of sp³-hybridized carbons (Fsp3) is 0.318. The first-order valence-corrected chi connectivity index (χ1v) is 9.80. The lowest BCUT2D eigenvalue weighted by Gasteiger charge is -2.26. The monoisotopic (exact) mass is 463 g/mol. The molecular weight excluding hydrogens is 434 g/mol. The van der Waals surface area contributed by atoms with Crippen LogP contribution in [0.25, 0.3) is 0 Å². The van der Waals surface area contributed by atoms with Crippen LogP contribution in [-0.4, -0.2) is 77.8 Å². The van der Waals surface area contributed by atoms with Crippen LogP contribution >= 0.6 is 0 Å². The lowest BCUT2D eigenvalue weighted by atomic mass is 10.1. The zero-order chi connectivity index (χ0) is 25.2. The third-order valence-corrected chi connectivity index (χ3v) is 3.73. The lowest BCUT2D eigenvalue weighted by molar-refractivity contribution is -0.140. The molecule has 11 nitrogen and oxygen atoms in total. The number of nitrogens with zero attached hydrogens (tertiary/aromatic N) is 2. The Bertz CT molecular complexity index is 816. The van der Waals surface area contributed by atoms with E-state index in [1.165, 1.54) is 13.0 Å². The summed E-state index contributed by atoms with van der Waals surface area (Å²) in [5, 5.41) is 12.6. The smallest absolute Gasteiger partial charge is 0.351 e. The van der Waals surface area contributed by atoms with Crippen LogP contribution in [0.4, 0.5) is 9.59 Å². The van der Waals surface area contributed by atoms with Crippen LogP contribution < -0.4 is 5.32 Å². The summed E-state index contributed by atoms with van der Waals surface area (Å²) in [6.07, 6.45) is 9.10. The number of ketones is 1. The molecule has 1 aliphatic rings. The van der Waals surface area contributed by atoms with Crippen molar-refractivity contribution in [2.45, 2.75) is 13.3 Å². The van der Waals surface area contributed by atoms with E-state index in [0.717, 1.165) is 22.6 Å². The molecule has 0 heterocycles. The van der Waals surface area contributed by atoms with Gasteiger partial charge in [0.15, 0.2) is 5.78 Å². The van der Waals surface area contributed by atoms with Crippen LogP contribution in [-0.2, 0) is 23.9 Å². The van der Waals surface area contributed by atoms with Gasteiger partial charge in [-0.25, -0.2) is 29.1 Å². The number of amides is 4. The van der Waals surface area contributed by atoms with Crippen LogP contribution in [0.3, 0.4) is 0 Å². The molecule has 0 saturated heterocycles. The molecule has 0 unspecified atom stereocenters. The molecule has 0 aromatic heterocycles. The van der Waals surface area contributed by atoms with E-state index >= 15 is 0 Å². The van der Waals surface area contributed by atoms with Crippen molar-refractivity contribution in [3.63, 3.8) is 0 Å². The number of carbonyl (C=O) groups excluding carboxylic acids is 5. The number of esters is 2. The van der Waals surface area contributed by atoms with Gasteiger partial charge in [-0.15, -0.1) is 0 Å². The summed E-state index contributed by atoms with van der Waals surface area (Å²) < 4.78 is 9.42. The van der Waals surface area contributed by atoms with Crippen molar-refractivity contribution in [3.05, 3.63) is 61.8 Å². The predicted molar refractivity (Wildman–Crippen MR) is 119 cm³/mol. The molecule has 0 aliphatic heterocycles. The molecule has 0 atom stereocenters. The summed E-state index contributed by atoms with van der Waals surface area (Å²) in [5.41, 5.74) is 0.940. The second kappa shape index (κ2) is 16.7. The molecule has 180 valence electrons. The fourth-order valence-electron chi connectivity index (χ4n) is 1.91. The van der Waals surface area contributed by atoms with Gasteiger partial charge in [0, 0.05) is 18.7 Å². The Kier molecular flexibility index (Phi) is 14.7. The highest BCUT2D eigenvalue weighted by Crippen LogP contribution is 2.13. The first kappa shape index (κ1) is 29.0. The molecular formula is C22H29N3O8.